The second kappa shape index (κ2) is 4.90. The summed E-state index contributed by atoms with van der Waals surface area (Å²) in [4.78, 5) is 8.49. The molecule has 1 aromatic heterocycles. The lowest BCUT2D eigenvalue weighted by Gasteiger charge is -2.26. The van der Waals surface area contributed by atoms with Crippen molar-refractivity contribution in [1.29, 1.82) is 0 Å². The van der Waals surface area contributed by atoms with Crippen molar-refractivity contribution in [2.45, 2.75) is 37.8 Å². The highest BCUT2D eigenvalue weighted by Gasteiger charge is 2.20. The van der Waals surface area contributed by atoms with Gasteiger partial charge in [-0.1, -0.05) is 12.1 Å². The van der Waals surface area contributed by atoms with Crippen LogP contribution in [0.5, 0.6) is 5.88 Å². The second-order valence-corrected chi connectivity index (χ2v) is 4.85. The zero-order valence-electron chi connectivity index (χ0n) is 10.2. The molecule has 0 spiro atoms. The first-order chi connectivity index (χ1) is 8.83. The third-order valence-electron chi connectivity index (χ3n) is 3.50. The van der Waals surface area contributed by atoms with Gasteiger partial charge in [0.2, 0.25) is 5.88 Å². The Bertz CT molecular complexity index is 530. The highest BCUT2D eigenvalue weighted by molar-refractivity contribution is 5.82. The quantitative estimate of drug-likeness (QED) is 0.879. The summed E-state index contributed by atoms with van der Waals surface area (Å²) in [5.41, 5.74) is 6.83. The lowest BCUT2D eigenvalue weighted by molar-refractivity contribution is 0.143. The molecule has 1 saturated carbocycles. The Balaban J connectivity index is 1.82. The Hall–Kier alpha value is -1.68. The number of nitrogens with two attached hydrogens (primary N) is 1. The maximum atomic E-state index is 6.01. The van der Waals surface area contributed by atoms with Crippen molar-refractivity contribution in [3.05, 3.63) is 30.6 Å². The molecule has 0 aliphatic heterocycles. The predicted octanol–water partition coefficient (Wildman–Crippen LogP) is 2.28. The maximum absolute atomic E-state index is 6.01. The molecular weight excluding hydrogens is 226 g/mol. The Morgan fingerprint density at radius 2 is 1.83 bits per heavy atom. The van der Waals surface area contributed by atoms with Crippen LogP contribution in [0.4, 0.5) is 0 Å². The summed E-state index contributed by atoms with van der Waals surface area (Å²) < 4.78 is 6.01. The normalized spacial score (nSPS) is 24.1. The van der Waals surface area contributed by atoms with Crippen LogP contribution in [0.15, 0.2) is 30.6 Å². The molecule has 1 aromatic carbocycles. The van der Waals surface area contributed by atoms with Crippen LogP contribution in [0.25, 0.3) is 10.9 Å². The molecule has 1 fully saturated rings. The SMILES string of the molecule is NC1CCC(Oc2ncnc3ccccc23)CC1. The fourth-order valence-corrected chi connectivity index (χ4v) is 2.44. The van der Waals surface area contributed by atoms with E-state index in [2.05, 4.69) is 9.97 Å². The fourth-order valence-electron chi connectivity index (χ4n) is 2.44. The first-order valence-corrected chi connectivity index (χ1v) is 6.45. The largest absolute Gasteiger partial charge is 0.474 e. The summed E-state index contributed by atoms with van der Waals surface area (Å²) in [5, 5.41) is 0.981. The molecule has 0 unspecified atom stereocenters. The van der Waals surface area contributed by atoms with Crippen molar-refractivity contribution in [3.63, 3.8) is 0 Å². The van der Waals surface area contributed by atoms with Crippen LogP contribution in [0.3, 0.4) is 0 Å². The molecule has 4 heteroatoms. The number of hydrogen-bond acceptors (Lipinski definition) is 4. The summed E-state index contributed by atoms with van der Waals surface area (Å²) >= 11 is 0. The summed E-state index contributed by atoms with van der Waals surface area (Å²) in [6.45, 7) is 0. The smallest absolute Gasteiger partial charge is 0.224 e. The number of benzene rings is 1. The molecular formula is C14H17N3O. The van der Waals surface area contributed by atoms with Crippen molar-refractivity contribution in [2.24, 2.45) is 5.73 Å². The van der Waals surface area contributed by atoms with E-state index in [4.69, 9.17) is 10.5 Å². The molecule has 3 rings (SSSR count). The second-order valence-electron chi connectivity index (χ2n) is 4.85. The topological polar surface area (TPSA) is 61.0 Å². The van der Waals surface area contributed by atoms with Crippen LogP contribution in [-0.4, -0.2) is 22.1 Å². The van der Waals surface area contributed by atoms with E-state index >= 15 is 0 Å². The number of ether oxygens (including phenoxy) is 1. The standard InChI is InChI=1S/C14H17N3O/c15-10-5-7-11(8-6-10)18-14-12-3-1-2-4-13(12)16-9-17-14/h1-4,9-11H,5-8,15H2. The average molecular weight is 243 g/mol. The molecule has 0 amide bonds. The molecule has 1 heterocycles. The van der Waals surface area contributed by atoms with Gasteiger partial charge in [0.1, 0.15) is 12.4 Å². The summed E-state index contributed by atoms with van der Waals surface area (Å²) in [5.74, 6) is 0.695. The van der Waals surface area contributed by atoms with Gasteiger partial charge in [-0.3, -0.25) is 0 Å². The number of nitrogens with zero attached hydrogens (tertiary/aromatic N) is 2. The molecule has 2 N–H and O–H groups in total. The van der Waals surface area contributed by atoms with Gasteiger partial charge >= 0.3 is 0 Å². The summed E-state index contributed by atoms with van der Waals surface area (Å²) in [6, 6.07) is 8.26. The minimum Gasteiger partial charge on any atom is -0.474 e. The molecule has 1 aliphatic rings. The van der Waals surface area contributed by atoms with Gasteiger partial charge in [0.15, 0.2) is 0 Å². The van der Waals surface area contributed by atoms with E-state index in [0.29, 0.717) is 11.9 Å². The van der Waals surface area contributed by atoms with E-state index in [-0.39, 0.29) is 6.10 Å². The Kier molecular flexibility index (Phi) is 3.11. The van der Waals surface area contributed by atoms with Gasteiger partial charge < -0.3 is 10.5 Å². The minimum absolute atomic E-state index is 0.239. The van der Waals surface area contributed by atoms with Crippen molar-refractivity contribution in [1.82, 2.24) is 9.97 Å². The van der Waals surface area contributed by atoms with Crippen molar-refractivity contribution < 1.29 is 4.74 Å². The Labute approximate surface area is 106 Å². The highest BCUT2D eigenvalue weighted by Crippen LogP contribution is 2.26. The van der Waals surface area contributed by atoms with Crippen molar-refractivity contribution in [2.75, 3.05) is 0 Å². The van der Waals surface area contributed by atoms with E-state index in [0.717, 1.165) is 36.6 Å². The fraction of sp³-hybridized carbons (Fsp3) is 0.429. The zero-order valence-corrected chi connectivity index (χ0v) is 10.2. The summed E-state index contributed by atoms with van der Waals surface area (Å²) in [7, 11) is 0. The number of rotatable bonds is 2. The van der Waals surface area contributed by atoms with Crippen molar-refractivity contribution >= 4 is 10.9 Å². The first-order valence-electron chi connectivity index (χ1n) is 6.45. The number of aromatic nitrogens is 2. The predicted molar refractivity (Wildman–Crippen MR) is 70.4 cm³/mol. The van der Waals surface area contributed by atoms with E-state index in [1.807, 2.05) is 24.3 Å². The number of para-hydroxylation sites is 1. The van der Waals surface area contributed by atoms with E-state index in [1.165, 1.54) is 0 Å². The third kappa shape index (κ3) is 2.29. The van der Waals surface area contributed by atoms with Crippen LogP contribution in [0, 0.1) is 0 Å². The molecule has 94 valence electrons. The molecule has 0 bridgehead atoms. The van der Waals surface area contributed by atoms with Gasteiger partial charge in [-0.25, -0.2) is 9.97 Å². The summed E-state index contributed by atoms with van der Waals surface area (Å²) in [6.07, 6.45) is 5.90. The van der Waals surface area contributed by atoms with Gasteiger partial charge in [0, 0.05) is 6.04 Å². The Morgan fingerprint density at radius 1 is 1.06 bits per heavy atom. The number of fused-ring (bicyclic) bond motifs is 1. The molecule has 4 nitrogen and oxygen atoms in total. The van der Waals surface area contributed by atoms with Crippen LogP contribution >= 0.6 is 0 Å². The minimum atomic E-state index is 0.239. The van der Waals surface area contributed by atoms with Gasteiger partial charge in [0.05, 0.1) is 10.9 Å². The monoisotopic (exact) mass is 243 g/mol. The van der Waals surface area contributed by atoms with Crippen LogP contribution in [0.2, 0.25) is 0 Å². The molecule has 0 radical (unpaired) electrons. The Morgan fingerprint density at radius 3 is 2.67 bits per heavy atom. The van der Waals surface area contributed by atoms with Crippen LogP contribution in [0.1, 0.15) is 25.7 Å². The van der Waals surface area contributed by atoms with E-state index in [9.17, 15) is 0 Å². The lowest BCUT2D eigenvalue weighted by Crippen LogP contribution is -2.31. The van der Waals surface area contributed by atoms with Gasteiger partial charge in [-0.2, -0.15) is 0 Å². The molecule has 2 aromatic rings. The van der Waals surface area contributed by atoms with E-state index < -0.39 is 0 Å². The molecule has 1 aliphatic carbocycles. The van der Waals surface area contributed by atoms with Gasteiger partial charge in [0.25, 0.3) is 0 Å². The molecule has 18 heavy (non-hydrogen) atoms. The van der Waals surface area contributed by atoms with Crippen LogP contribution in [-0.2, 0) is 0 Å². The highest BCUT2D eigenvalue weighted by atomic mass is 16.5. The maximum Gasteiger partial charge on any atom is 0.224 e. The first kappa shape index (κ1) is 11.4. The van der Waals surface area contributed by atoms with Crippen LogP contribution < -0.4 is 10.5 Å². The van der Waals surface area contributed by atoms with Gasteiger partial charge in [-0.15, -0.1) is 0 Å². The molecule has 0 saturated heterocycles. The molecule has 0 atom stereocenters. The third-order valence-corrected chi connectivity index (χ3v) is 3.50. The van der Waals surface area contributed by atoms with Gasteiger partial charge in [-0.05, 0) is 37.8 Å². The number of hydrogen-bond donors (Lipinski definition) is 1. The van der Waals surface area contributed by atoms with E-state index in [1.54, 1.807) is 6.33 Å². The van der Waals surface area contributed by atoms with Crippen molar-refractivity contribution in [3.8, 4) is 5.88 Å². The zero-order chi connectivity index (χ0) is 12.4. The lowest BCUT2D eigenvalue weighted by atomic mass is 9.94. The average Bonchev–Trinajstić information content (AvgIpc) is 2.42.